The van der Waals surface area contributed by atoms with E-state index in [2.05, 4.69) is 5.32 Å². The molecule has 2 aromatic carbocycles. The Kier molecular flexibility index (Phi) is 4.65. The van der Waals surface area contributed by atoms with E-state index in [9.17, 15) is 13.6 Å². The van der Waals surface area contributed by atoms with Gasteiger partial charge in [-0.1, -0.05) is 18.2 Å². The van der Waals surface area contributed by atoms with Gasteiger partial charge in [0.15, 0.2) is 6.61 Å². The van der Waals surface area contributed by atoms with Crippen molar-refractivity contribution in [2.75, 3.05) is 6.61 Å². The molecule has 104 valence electrons. The molecular weight excluding hydrogens is 264 g/mol. The molecule has 0 radical (unpaired) electrons. The molecule has 0 bridgehead atoms. The molecule has 0 atom stereocenters. The smallest absolute Gasteiger partial charge is 0.258 e. The second kappa shape index (κ2) is 6.65. The summed E-state index contributed by atoms with van der Waals surface area (Å²) < 4.78 is 31.5. The SMILES string of the molecule is O=C(COc1ccccc1)NCc1cc(F)ccc1F. The third kappa shape index (κ3) is 4.05. The van der Waals surface area contributed by atoms with E-state index in [0.29, 0.717) is 5.75 Å². The quantitative estimate of drug-likeness (QED) is 0.912. The van der Waals surface area contributed by atoms with Crippen molar-refractivity contribution >= 4 is 5.91 Å². The van der Waals surface area contributed by atoms with E-state index < -0.39 is 17.5 Å². The second-order valence-electron chi connectivity index (χ2n) is 4.11. The van der Waals surface area contributed by atoms with Gasteiger partial charge in [-0.3, -0.25) is 4.79 Å². The lowest BCUT2D eigenvalue weighted by Gasteiger charge is -2.08. The van der Waals surface area contributed by atoms with E-state index in [1.807, 2.05) is 6.07 Å². The number of para-hydroxylation sites is 1. The summed E-state index contributed by atoms with van der Waals surface area (Å²) in [5.41, 5.74) is 0.0954. The molecule has 1 amide bonds. The van der Waals surface area contributed by atoms with Crippen LogP contribution in [-0.4, -0.2) is 12.5 Å². The Bertz CT molecular complexity index is 588. The average molecular weight is 277 g/mol. The van der Waals surface area contributed by atoms with Crippen LogP contribution < -0.4 is 10.1 Å². The molecule has 1 N–H and O–H groups in total. The molecule has 0 spiro atoms. The summed E-state index contributed by atoms with van der Waals surface area (Å²) in [6.07, 6.45) is 0. The lowest BCUT2D eigenvalue weighted by molar-refractivity contribution is -0.123. The first-order valence-electron chi connectivity index (χ1n) is 6.03. The van der Waals surface area contributed by atoms with Gasteiger partial charge >= 0.3 is 0 Å². The van der Waals surface area contributed by atoms with Gasteiger partial charge in [-0.05, 0) is 30.3 Å². The molecule has 2 aromatic rings. The zero-order chi connectivity index (χ0) is 14.4. The van der Waals surface area contributed by atoms with Crippen molar-refractivity contribution in [3.63, 3.8) is 0 Å². The molecule has 0 heterocycles. The van der Waals surface area contributed by atoms with Crippen molar-refractivity contribution < 1.29 is 18.3 Å². The number of rotatable bonds is 5. The van der Waals surface area contributed by atoms with Crippen LogP contribution in [0.2, 0.25) is 0 Å². The zero-order valence-electron chi connectivity index (χ0n) is 10.6. The Hall–Kier alpha value is -2.43. The number of carbonyl (C=O) groups excluding carboxylic acids is 1. The highest BCUT2D eigenvalue weighted by molar-refractivity contribution is 5.77. The number of ether oxygens (including phenoxy) is 1. The topological polar surface area (TPSA) is 38.3 Å². The molecule has 0 aliphatic heterocycles. The number of halogens is 2. The molecule has 0 aromatic heterocycles. The van der Waals surface area contributed by atoms with Gasteiger partial charge in [0.25, 0.3) is 5.91 Å². The molecule has 0 aliphatic carbocycles. The summed E-state index contributed by atoms with van der Waals surface area (Å²) in [6.45, 7) is -0.262. The monoisotopic (exact) mass is 277 g/mol. The van der Waals surface area contributed by atoms with Crippen molar-refractivity contribution in [3.05, 3.63) is 65.7 Å². The summed E-state index contributed by atoms with van der Waals surface area (Å²) in [5, 5.41) is 2.47. The van der Waals surface area contributed by atoms with Crippen LogP contribution in [0, 0.1) is 11.6 Å². The molecule has 0 saturated carbocycles. The zero-order valence-corrected chi connectivity index (χ0v) is 10.6. The maximum Gasteiger partial charge on any atom is 0.258 e. The van der Waals surface area contributed by atoms with Gasteiger partial charge in [0.05, 0.1) is 0 Å². The molecule has 0 aliphatic rings. The van der Waals surface area contributed by atoms with E-state index in [0.717, 1.165) is 18.2 Å². The van der Waals surface area contributed by atoms with E-state index in [1.54, 1.807) is 24.3 Å². The number of hydrogen-bond acceptors (Lipinski definition) is 2. The molecular formula is C15H13F2NO2. The minimum absolute atomic E-state index is 0.0828. The molecule has 2 rings (SSSR count). The fraction of sp³-hybridized carbons (Fsp3) is 0.133. The lowest BCUT2D eigenvalue weighted by Crippen LogP contribution is -2.28. The summed E-state index contributed by atoms with van der Waals surface area (Å²) in [6, 6.07) is 12.0. The van der Waals surface area contributed by atoms with Crippen LogP contribution in [0.5, 0.6) is 5.75 Å². The fourth-order valence-corrected chi connectivity index (χ4v) is 1.59. The highest BCUT2D eigenvalue weighted by atomic mass is 19.1. The van der Waals surface area contributed by atoms with Gasteiger partial charge < -0.3 is 10.1 Å². The Morgan fingerprint density at radius 1 is 1.10 bits per heavy atom. The molecule has 5 heteroatoms. The Labute approximate surface area is 115 Å². The van der Waals surface area contributed by atoms with E-state index >= 15 is 0 Å². The summed E-state index contributed by atoms with van der Waals surface area (Å²) in [5.74, 6) is -0.941. The third-order valence-electron chi connectivity index (χ3n) is 2.60. The van der Waals surface area contributed by atoms with Gasteiger partial charge in [0, 0.05) is 12.1 Å². The van der Waals surface area contributed by atoms with Gasteiger partial charge in [-0.2, -0.15) is 0 Å². The van der Waals surface area contributed by atoms with Crippen LogP contribution in [0.25, 0.3) is 0 Å². The molecule has 0 saturated heterocycles. The number of hydrogen-bond donors (Lipinski definition) is 1. The van der Waals surface area contributed by atoms with Gasteiger partial charge in [-0.25, -0.2) is 8.78 Å². The van der Waals surface area contributed by atoms with Crippen LogP contribution >= 0.6 is 0 Å². The number of benzene rings is 2. The van der Waals surface area contributed by atoms with E-state index in [-0.39, 0.29) is 18.7 Å². The lowest BCUT2D eigenvalue weighted by atomic mass is 10.2. The summed E-state index contributed by atoms with van der Waals surface area (Å²) in [4.78, 5) is 11.5. The number of amides is 1. The maximum atomic E-state index is 13.3. The first-order valence-corrected chi connectivity index (χ1v) is 6.03. The van der Waals surface area contributed by atoms with Gasteiger partial charge in [0.2, 0.25) is 0 Å². The van der Waals surface area contributed by atoms with Crippen LogP contribution in [0.4, 0.5) is 8.78 Å². The fourth-order valence-electron chi connectivity index (χ4n) is 1.59. The number of nitrogens with one attached hydrogen (secondary N) is 1. The Balaban J connectivity index is 1.82. The van der Waals surface area contributed by atoms with Crippen molar-refractivity contribution in [2.24, 2.45) is 0 Å². The second-order valence-corrected chi connectivity index (χ2v) is 4.11. The standard InChI is InChI=1S/C15H13F2NO2/c16-12-6-7-14(17)11(8-12)9-18-15(19)10-20-13-4-2-1-3-5-13/h1-8H,9-10H2,(H,18,19). The first-order chi connectivity index (χ1) is 9.65. The van der Waals surface area contributed by atoms with Crippen LogP contribution in [0.1, 0.15) is 5.56 Å². The van der Waals surface area contributed by atoms with Crippen molar-refractivity contribution in [1.82, 2.24) is 5.32 Å². The maximum absolute atomic E-state index is 13.3. The summed E-state index contributed by atoms with van der Waals surface area (Å²) >= 11 is 0. The number of carbonyl (C=O) groups is 1. The Morgan fingerprint density at radius 3 is 2.60 bits per heavy atom. The highest BCUT2D eigenvalue weighted by Crippen LogP contribution is 2.10. The first kappa shape index (κ1) is 14.0. The largest absolute Gasteiger partial charge is 0.484 e. The molecule has 0 unspecified atom stereocenters. The van der Waals surface area contributed by atoms with Gasteiger partial charge in [0.1, 0.15) is 17.4 Å². The van der Waals surface area contributed by atoms with Gasteiger partial charge in [-0.15, -0.1) is 0 Å². The van der Waals surface area contributed by atoms with E-state index in [1.165, 1.54) is 0 Å². The van der Waals surface area contributed by atoms with Crippen molar-refractivity contribution in [2.45, 2.75) is 6.54 Å². The van der Waals surface area contributed by atoms with Crippen LogP contribution in [0.3, 0.4) is 0 Å². The summed E-state index contributed by atoms with van der Waals surface area (Å²) in [7, 11) is 0. The van der Waals surface area contributed by atoms with Crippen LogP contribution in [0.15, 0.2) is 48.5 Å². The van der Waals surface area contributed by atoms with Crippen molar-refractivity contribution in [3.8, 4) is 5.75 Å². The minimum Gasteiger partial charge on any atom is -0.484 e. The molecule has 0 fully saturated rings. The van der Waals surface area contributed by atoms with E-state index in [4.69, 9.17) is 4.74 Å². The highest BCUT2D eigenvalue weighted by Gasteiger charge is 2.07. The molecule has 3 nitrogen and oxygen atoms in total. The van der Waals surface area contributed by atoms with Crippen LogP contribution in [-0.2, 0) is 11.3 Å². The normalized spacial score (nSPS) is 10.1. The Morgan fingerprint density at radius 2 is 1.85 bits per heavy atom. The average Bonchev–Trinajstić information content (AvgIpc) is 2.47. The predicted molar refractivity (Wildman–Crippen MR) is 70.1 cm³/mol. The molecule has 20 heavy (non-hydrogen) atoms. The van der Waals surface area contributed by atoms with Crippen molar-refractivity contribution in [1.29, 1.82) is 0 Å². The minimum atomic E-state index is -0.560. The predicted octanol–water partition coefficient (Wildman–Crippen LogP) is 2.66. The third-order valence-corrected chi connectivity index (χ3v) is 2.60.